The van der Waals surface area contributed by atoms with Crippen LogP contribution in [-0.2, 0) is 11.3 Å². The summed E-state index contributed by atoms with van der Waals surface area (Å²) in [7, 11) is 0. The number of nitrogens with zero attached hydrogens (tertiary/aromatic N) is 1. The standard InChI is InChI=1S/C13H13F3N2O2S/c14-13(15,16)8-18(7-9-3-1-5-20-9)12(19)11(17)10-4-2-6-21-10/h1-6,11H,7-8,17H2. The molecule has 0 saturated heterocycles. The van der Waals surface area contributed by atoms with Gasteiger partial charge in [0.15, 0.2) is 0 Å². The number of carbonyl (C=O) groups excluding carboxylic acids is 1. The van der Waals surface area contributed by atoms with Gasteiger partial charge in [-0.25, -0.2) is 0 Å². The van der Waals surface area contributed by atoms with E-state index in [4.69, 9.17) is 10.2 Å². The number of hydrogen-bond acceptors (Lipinski definition) is 4. The Morgan fingerprint density at radius 3 is 2.67 bits per heavy atom. The molecule has 2 heterocycles. The minimum Gasteiger partial charge on any atom is -0.467 e. The maximum Gasteiger partial charge on any atom is 0.406 e. The van der Waals surface area contributed by atoms with Gasteiger partial charge in [0, 0.05) is 4.88 Å². The summed E-state index contributed by atoms with van der Waals surface area (Å²) in [5, 5.41) is 1.71. The van der Waals surface area contributed by atoms with E-state index in [9.17, 15) is 18.0 Å². The third-order valence-corrected chi connectivity index (χ3v) is 3.68. The number of thiophene rings is 1. The van der Waals surface area contributed by atoms with Crippen LogP contribution < -0.4 is 5.73 Å². The topological polar surface area (TPSA) is 59.5 Å². The summed E-state index contributed by atoms with van der Waals surface area (Å²) in [6, 6.07) is 5.25. The van der Waals surface area contributed by atoms with Gasteiger partial charge in [-0.05, 0) is 23.6 Å². The molecule has 1 atom stereocenters. The van der Waals surface area contributed by atoms with Gasteiger partial charge in [0.05, 0.1) is 12.8 Å². The third-order valence-electron chi connectivity index (χ3n) is 2.72. The van der Waals surface area contributed by atoms with E-state index in [-0.39, 0.29) is 12.3 Å². The summed E-state index contributed by atoms with van der Waals surface area (Å²) in [6.45, 7) is -1.64. The van der Waals surface area contributed by atoms with Crippen molar-refractivity contribution in [2.45, 2.75) is 18.8 Å². The number of hydrogen-bond donors (Lipinski definition) is 1. The summed E-state index contributed by atoms with van der Waals surface area (Å²) < 4.78 is 42.9. The lowest BCUT2D eigenvalue weighted by Crippen LogP contribution is -2.43. The van der Waals surface area contributed by atoms with Gasteiger partial charge in [-0.2, -0.15) is 13.2 Å². The van der Waals surface area contributed by atoms with E-state index >= 15 is 0 Å². The van der Waals surface area contributed by atoms with Crippen LogP contribution >= 0.6 is 11.3 Å². The van der Waals surface area contributed by atoms with Crippen LogP contribution in [-0.4, -0.2) is 23.5 Å². The van der Waals surface area contributed by atoms with Crippen LogP contribution in [0.3, 0.4) is 0 Å². The van der Waals surface area contributed by atoms with Crippen molar-refractivity contribution in [3.63, 3.8) is 0 Å². The van der Waals surface area contributed by atoms with Crippen molar-refractivity contribution in [2.75, 3.05) is 6.54 Å². The van der Waals surface area contributed by atoms with Crippen molar-refractivity contribution < 1.29 is 22.4 Å². The Labute approximate surface area is 123 Å². The molecule has 2 aromatic heterocycles. The van der Waals surface area contributed by atoms with Crippen LogP contribution in [0, 0.1) is 0 Å². The molecule has 0 aliphatic rings. The Morgan fingerprint density at radius 1 is 1.38 bits per heavy atom. The minimum atomic E-state index is -4.50. The molecule has 0 aromatic carbocycles. The van der Waals surface area contributed by atoms with Crippen LogP contribution in [0.25, 0.3) is 0 Å². The molecule has 1 unspecified atom stereocenters. The zero-order chi connectivity index (χ0) is 15.5. The first-order valence-electron chi connectivity index (χ1n) is 6.04. The highest BCUT2D eigenvalue weighted by Gasteiger charge is 2.35. The zero-order valence-corrected chi connectivity index (χ0v) is 11.7. The highest BCUT2D eigenvalue weighted by Crippen LogP contribution is 2.23. The molecule has 21 heavy (non-hydrogen) atoms. The second-order valence-corrected chi connectivity index (χ2v) is 5.36. The molecular weight excluding hydrogens is 305 g/mol. The number of alkyl halides is 3. The average molecular weight is 318 g/mol. The summed E-state index contributed by atoms with van der Waals surface area (Å²) in [4.78, 5) is 13.4. The lowest BCUT2D eigenvalue weighted by molar-refractivity contribution is -0.163. The van der Waals surface area contributed by atoms with Crippen LogP contribution in [0.2, 0.25) is 0 Å². The number of amides is 1. The molecule has 8 heteroatoms. The van der Waals surface area contributed by atoms with Crippen molar-refractivity contribution in [1.82, 2.24) is 4.90 Å². The molecule has 2 N–H and O–H groups in total. The Hall–Kier alpha value is -1.80. The van der Waals surface area contributed by atoms with Crippen LogP contribution in [0.1, 0.15) is 16.7 Å². The smallest absolute Gasteiger partial charge is 0.406 e. The molecule has 114 valence electrons. The van der Waals surface area contributed by atoms with E-state index in [1.165, 1.54) is 23.7 Å². The first-order valence-corrected chi connectivity index (χ1v) is 6.91. The molecule has 2 rings (SSSR count). The second-order valence-electron chi connectivity index (χ2n) is 4.38. The van der Waals surface area contributed by atoms with Gasteiger partial charge in [0.1, 0.15) is 18.3 Å². The van der Waals surface area contributed by atoms with Gasteiger partial charge < -0.3 is 15.1 Å². The molecule has 0 radical (unpaired) electrons. The van der Waals surface area contributed by atoms with Crippen LogP contribution in [0.4, 0.5) is 13.2 Å². The molecule has 0 aliphatic carbocycles. The summed E-state index contributed by atoms with van der Waals surface area (Å²) in [5.41, 5.74) is 5.75. The SMILES string of the molecule is NC(C(=O)N(Cc1ccco1)CC(F)(F)F)c1cccs1. The molecule has 0 saturated carbocycles. The van der Waals surface area contributed by atoms with E-state index in [2.05, 4.69) is 0 Å². The van der Waals surface area contributed by atoms with Crippen LogP contribution in [0.15, 0.2) is 40.3 Å². The largest absolute Gasteiger partial charge is 0.467 e. The van der Waals surface area contributed by atoms with Gasteiger partial charge in [-0.15, -0.1) is 11.3 Å². The van der Waals surface area contributed by atoms with E-state index in [1.807, 2.05) is 0 Å². The molecule has 0 spiro atoms. The fraction of sp³-hybridized carbons (Fsp3) is 0.308. The first kappa shape index (κ1) is 15.6. The van der Waals surface area contributed by atoms with Crippen molar-refractivity contribution in [1.29, 1.82) is 0 Å². The molecule has 4 nitrogen and oxygen atoms in total. The van der Waals surface area contributed by atoms with Crippen molar-refractivity contribution in [3.8, 4) is 0 Å². The molecule has 0 bridgehead atoms. The number of rotatable bonds is 5. The van der Waals surface area contributed by atoms with Gasteiger partial charge in [-0.1, -0.05) is 6.07 Å². The molecule has 2 aromatic rings. The number of carbonyl (C=O) groups is 1. The second kappa shape index (κ2) is 6.31. The number of nitrogens with two attached hydrogens (primary N) is 1. The average Bonchev–Trinajstić information content (AvgIpc) is 3.07. The molecule has 0 fully saturated rings. The lowest BCUT2D eigenvalue weighted by atomic mass is 10.2. The molecule has 0 aliphatic heterocycles. The predicted octanol–water partition coefficient (Wildman–Crippen LogP) is 2.93. The van der Waals surface area contributed by atoms with Gasteiger partial charge in [0.25, 0.3) is 0 Å². The van der Waals surface area contributed by atoms with Crippen molar-refractivity contribution in [2.24, 2.45) is 5.73 Å². The van der Waals surface area contributed by atoms with Crippen molar-refractivity contribution >= 4 is 17.2 Å². The Balaban J connectivity index is 2.15. The van der Waals surface area contributed by atoms with Crippen LogP contribution in [0.5, 0.6) is 0 Å². The third kappa shape index (κ3) is 4.33. The Kier molecular flexibility index (Phi) is 4.69. The monoisotopic (exact) mass is 318 g/mol. The first-order chi connectivity index (χ1) is 9.87. The maximum absolute atomic E-state index is 12.6. The fourth-order valence-corrected chi connectivity index (χ4v) is 2.52. The summed E-state index contributed by atoms with van der Waals surface area (Å²) in [5.74, 6) is -0.517. The van der Waals surface area contributed by atoms with Gasteiger partial charge in [0.2, 0.25) is 5.91 Å². The Morgan fingerprint density at radius 2 is 2.14 bits per heavy atom. The van der Waals surface area contributed by atoms with E-state index < -0.39 is 24.7 Å². The maximum atomic E-state index is 12.6. The molecule has 1 amide bonds. The van der Waals surface area contributed by atoms with E-state index in [0.717, 1.165) is 0 Å². The summed E-state index contributed by atoms with van der Waals surface area (Å²) >= 11 is 1.23. The summed E-state index contributed by atoms with van der Waals surface area (Å²) in [6.07, 6.45) is -3.16. The lowest BCUT2D eigenvalue weighted by Gasteiger charge is -2.25. The van der Waals surface area contributed by atoms with Gasteiger partial charge in [-0.3, -0.25) is 4.79 Å². The zero-order valence-electron chi connectivity index (χ0n) is 10.8. The number of halogens is 3. The normalized spacial score (nSPS) is 13.1. The van der Waals surface area contributed by atoms with Gasteiger partial charge >= 0.3 is 6.18 Å². The van der Waals surface area contributed by atoms with E-state index in [1.54, 1.807) is 23.6 Å². The minimum absolute atomic E-state index is 0.269. The fourth-order valence-electron chi connectivity index (χ4n) is 1.81. The Bertz CT molecular complexity index is 567. The number of furan rings is 1. The quantitative estimate of drug-likeness (QED) is 0.922. The van der Waals surface area contributed by atoms with Crippen molar-refractivity contribution in [3.05, 3.63) is 46.5 Å². The van der Waals surface area contributed by atoms with E-state index in [0.29, 0.717) is 9.78 Å². The highest BCUT2D eigenvalue weighted by atomic mass is 32.1. The molecular formula is C13H13F3N2O2S. The predicted molar refractivity (Wildman–Crippen MR) is 71.4 cm³/mol. The highest BCUT2D eigenvalue weighted by molar-refractivity contribution is 7.10.